The summed E-state index contributed by atoms with van der Waals surface area (Å²) in [7, 11) is 5.21. The summed E-state index contributed by atoms with van der Waals surface area (Å²) in [5.74, 6) is -7.05. The van der Waals surface area contributed by atoms with E-state index in [2.05, 4.69) is 0 Å². The molecular formula is C75H104F2N4O17. The fourth-order valence-electron chi connectivity index (χ4n) is 12.3. The molecule has 4 fully saturated rings. The molecule has 0 bridgehead atoms. The van der Waals surface area contributed by atoms with E-state index in [1.807, 2.05) is 54.6 Å². The molecule has 21 nitrogen and oxygen atoms in total. The summed E-state index contributed by atoms with van der Waals surface area (Å²) >= 11 is 0. The molecule has 2 saturated heterocycles. The number of carbonyl (C=O) groups excluding carboxylic acids is 9. The van der Waals surface area contributed by atoms with E-state index < -0.39 is 132 Å². The molecule has 0 spiro atoms. The largest absolute Gasteiger partial charge is 0.458 e. The van der Waals surface area contributed by atoms with Crippen molar-refractivity contribution >= 4 is 53.7 Å². The summed E-state index contributed by atoms with van der Waals surface area (Å²) in [6, 6.07) is 18.4. The van der Waals surface area contributed by atoms with Crippen molar-refractivity contribution in [3.8, 4) is 0 Å². The van der Waals surface area contributed by atoms with Crippen LogP contribution in [0.4, 0.5) is 13.6 Å². The maximum Gasteiger partial charge on any atom is 0.410 e. The van der Waals surface area contributed by atoms with E-state index >= 15 is 18.4 Å². The van der Waals surface area contributed by atoms with Crippen molar-refractivity contribution in [2.45, 2.75) is 243 Å². The highest BCUT2D eigenvalue weighted by Crippen LogP contribution is 2.38. The van der Waals surface area contributed by atoms with Crippen LogP contribution in [0.3, 0.4) is 0 Å². The van der Waals surface area contributed by atoms with Crippen molar-refractivity contribution in [2.24, 2.45) is 11.8 Å². The minimum Gasteiger partial charge on any atom is -0.458 e. The zero-order chi connectivity index (χ0) is 71.8. The molecule has 540 valence electrons. The van der Waals surface area contributed by atoms with Gasteiger partial charge in [0.05, 0.1) is 0 Å². The van der Waals surface area contributed by atoms with Gasteiger partial charge in [0.1, 0.15) is 47.7 Å². The third kappa shape index (κ3) is 24.1. The van der Waals surface area contributed by atoms with Gasteiger partial charge in [0.25, 0.3) is 17.7 Å². The van der Waals surface area contributed by atoms with Crippen LogP contribution in [0, 0.1) is 11.8 Å². The molecule has 4 aliphatic rings. The highest BCUT2D eigenvalue weighted by atomic mass is 19.1. The molecule has 98 heavy (non-hydrogen) atoms. The Morgan fingerprint density at radius 3 is 1.33 bits per heavy atom. The number of amides is 4. The Morgan fingerprint density at radius 1 is 0.469 bits per heavy atom. The molecule has 4 amide bonds. The van der Waals surface area contributed by atoms with Crippen molar-refractivity contribution in [3.63, 3.8) is 0 Å². The first-order valence-corrected chi connectivity index (χ1v) is 34.6. The predicted octanol–water partition coefficient (Wildman–Crippen LogP) is 10.7. The van der Waals surface area contributed by atoms with Crippen molar-refractivity contribution in [2.75, 3.05) is 54.6 Å². The smallest absolute Gasteiger partial charge is 0.410 e. The van der Waals surface area contributed by atoms with Crippen LogP contribution in [0.5, 0.6) is 0 Å². The van der Waals surface area contributed by atoms with Crippen molar-refractivity contribution in [3.05, 3.63) is 107 Å². The van der Waals surface area contributed by atoms with Crippen molar-refractivity contribution in [1.29, 1.82) is 0 Å². The van der Waals surface area contributed by atoms with E-state index in [1.165, 1.54) is 69.7 Å². The lowest BCUT2D eigenvalue weighted by molar-refractivity contribution is -0.176. The zero-order valence-corrected chi connectivity index (χ0v) is 59.6. The number of hydrogen-bond acceptors (Lipinski definition) is 17. The monoisotopic (exact) mass is 1370 g/mol. The zero-order valence-electron chi connectivity index (χ0n) is 59.6. The lowest BCUT2D eigenvalue weighted by Crippen LogP contribution is -2.54. The second-order valence-electron chi connectivity index (χ2n) is 29.3. The highest BCUT2D eigenvalue weighted by Gasteiger charge is 2.45. The second-order valence-corrected chi connectivity index (χ2v) is 29.3. The SMILES string of the molecule is C[C@@H](OC(=O)[C@H](CC1CC1)N(C)C(=O)[C@@H](Cc1ccc(C2CCOCC2)cc1)OC(=O)[C@H](CC(C)(C)F)N(C)C(=O)[C@@H](C)OC(=O)[C@H](CC1CC1)N(C)C(=O)[C@@H](CCc1ccc(C2CCOCC2)cc1)OC(=O)[C@H](CC(C)(C)F)N(C)C(=O)OC(C)(C)C)C(=O)OCc1ccccc1. The number of esters is 5. The molecule has 2 aliphatic heterocycles. The van der Waals surface area contributed by atoms with Crippen LogP contribution in [0.1, 0.15) is 185 Å². The van der Waals surface area contributed by atoms with Gasteiger partial charge in [0, 0.05) is 73.9 Å². The van der Waals surface area contributed by atoms with Crippen LogP contribution < -0.4 is 0 Å². The Balaban J connectivity index is 1.11. The molecular weight excluding hydrogens is 1270 g/mol. The number of benzene rings is 3. The summed E-state index contributed by atoms with van der Waals surface area (Å²) in [5, 5.41) is 0. The summed E-state index contributed by atoms with van der Waals surface area (Å²) < 4.78 is 77.7. The van der Waals surface area contributed by atoms with E-state index in [0.29, 0.717) is 50.8 Å². The average molecular weight is 1370 g/mol. The normalized spacial score (nSPS) is 18.0. The highest BCUT2D eigenvalue weighted by molar-refractivity contribution is 5.93. The molecule has 7 rings (SSSR count). The molecule has 0 radical (unpaired) electrons. The quantitative estimate of drug-likeness (QED) is 0.0407. The fourth-order valence-corrected chi connectivity index (χ4v) is 12.3. The average Bonchev–Trinajstić information content (AvgIpc) is 1.16. The van der Waals surface area contributed by atoms with Gasteiger partial charge in [0.15, 0.2) is 24.4 Å². The van der Waals surface area contributed by atoms with Crippen LogP contribution in [0.25, 0.3) is 0 Å². The Kier molecular flexibility index (Phi) is 27.8. The molecule has 2 aliphatic carbocycles. The number of ether oxygens (including phenoxy) is 8. The van der Waals surface area contributed by atoms with Gasteiger partial charge in [-0.3, -0.25) is 19.3 Å². The standard InChI is InChI=1S/C75H104F2N4O17/c1-47(94-68(86)58(41-50-19-20-50)78(10)65(83)62(32-27-49-23-28-54(29-24-49)56-33-37-91-38-34-56)96-71(89)61(45-75(8,9)77)81(13)72(90)98-73(3,4)5)64(82)80(12)60(44-74(6,7)76)70(88)97-63(43-52-25-30-55(31-26-52)57-35-39-92-40-36-57)66(84)79(11)59(42-51-21-22-51)69(87)95-48(2)67(85)93-46-53-17-15-14-16-18-53/h14-18,23-26,28-31,47-48,50-51,56-63H,19-22,27,32-46H2,1-13H3/t47-,48-,58+,59+,60+,61+,62-,63-/m1/s1. The number of hydrogen-bond donors (Lipinski definition) is 0. The number of alkyl halides is 2. The van der Waals surface area contributed by atoms with Crippen molar-refractivity contribution in [1.82, 2.24) is 19.6 Å². The number of nitrogens with zero attached hydrogens (tertiary/aromatic N) is 4. The first-order chi connectivity index (χ1) is 46.1. The van der Waals surface area contributed by atoms with E-state index in [0.717, 1.165) is 80.4 Å². The lowest BCUT2D eigenvalue weighted by Gasteiger charge is -2.35. The second kappa shape index (κ2) is 35.0. The first kappa shape index (κ1) is 77.8. The minimum atomic E-state index is -2.15. The Bertz CT molecular complexity index is 3170. The molecule has 2 saturated carbocycles. The Morgan fingerprint density at radius 2 is 0.878 bits per heavy atom. The fraction of sp³-hybridized carbons (Fsp3) is 0.640. The summed E-state index contributed by atoms with van der Waals surface area (Å²) in [5.41, 5.74) is -0.862. The summed E-state index contributed by atoms with van der Waals surface area (Å²) in [6.45, 7) is 14.9. The van der Waals surface area contributed by atoms with Crippen molar-refractivity contribution < 1.29 is 89.8 Å². The Labute approximate surface area is 576 Å². The number of likely N-dealkylation sites (N-methyl/N-ethyl adjacent to an activating group) is 4. The minimum absolute atomic E-state index is 0.0388. The van der Waals surface area contributed by atoms with Gasteiger partial charge in [0.2, 0.25) is 0 Å². The maximum absolute atomic E-state index is 16.1. The topological polar surface area (TPSA) is 240 Å². The van der Waals surface area contributed by atoms with E-state index in [-0.39, 0.29) is 56.5 Å². The number of rotatable bonds is 33. The third-order valence-electron chi connectivity index (χ3n) is 18.6. The molecule has 3 aromatic carbocycles. The van der Waals surface area contributed by atoms with Crippen LogP contribution in [-0.2, 0) is 95.7 Å². The summed E-state index contributed by atoms with van der Waals surface area (Å²) in [4.78, 5) is 134. The molecule has 8 atom stereocenters. The van der Waals surface area contributed by atoms with Gasteiger partial charge in [-0.2, -0.15) is 0 Å². The predicted molar refractivity (Wildman–Crippen MR) is 359 cm³/mol. The molecule has 2 heterocycles. The van der Waals surface area contributed by atoms with Gasteiger partial charge in [-0.15, -0.1) is 0 Å². The number of halogens is 2. The van der Waals surface area contributed by atoms with E-state index in [9.17, 15) is 33.6 Å². The lowest BCUT2D eigenvalue weighted by atomic mass is 9.90. The van der Waals surface area contributed by atoms with Crippen LogP contribution >= 0.6 is 0 Å². The molecule has 3 aromatic rings. The molecule has 0 aromatic heterocycles. The first-order valence-electron chi connectivity index (χ1n) is 34.6. The van der Waals surface area contributed by atoms with Gasteiger partial charge < -0.3 is 52.6 Å². The summed E-state index contributed by atoms with van der Waals surface area (Å²) in [6.07, 6.45) is -1.92. The molecule has 0 unspecified atom stereocenters. The Hall–Kier alpha value is -7.53. The number of carbonyl (C=O) groups is 9. The van der Waals surface area contributed by atoms with Gasteiger partial charge in [-0.1, -0.05) is 105 Å². The van der Waals surface area contributed by atoms with Gasteiger partial charge in [-0.05, 0) is 165 Å². The number of aryl methyl sites for hydroxylation is 1. The maximum atomic E-state index is 16.1. The van der Waals surface area contributed by atoms with Gasteiger partial charge >= 0.3 is 35.9 Å². The van der Waals surface area contributed by atoms with E-state index in [1.54, 1.807) is 45.0 Å². The van der Waals surface area contributed by atoms with Crippen LogP contribution in [0.2, 0.25) is 0 Å². The molecule has 0 N–H and O–H groups in total. The molecule has 23 heteroatoms. The third-order valence-corrected chi connectivity index (χ3v) is 18.6. The van der Waals surface area contributed by atoms with E-state index in [4.69, 9.17) is 37.9 Å². The van der Waals surface area contributed by atoms with Crippen LogP contribution in [0.15, 0.2) is 78.9 Å². The van der Waals surface area contributed by atoms with Gasteiger partial charge in [-0.25, -0.2) is 37.5 Å². The van der Waals surface area contributed by atoms with Crippen LogP contribution in [-0.4, -0.2) is 193 Å².